The number of aryl methyl sites for hydroxylation is 1. The Morgan fingerprint density at radius 3 is 2.74 bits per heavy atom. The first kappa shape index (κ1) is 19.1. The van der Waals surface area contributed by atoms with Crippen molar-refractivity contribution in [1.29, 1.82) is 0 Å². The summed E-state index contributed by atoms with van der Waals surface area (Å²) in [5.41, 5.74) is 4.89. The van der Waals surface area contributed by atoms with E-state index in [0.29, 0.717) is 18.7 Å². The molecule has 1 N–H and O–H groups in total. The number of benzene rings is 2. The highest BCUT2D eigenvalue weighted by atomic mass is 16.2. The lowest BCUT2D eigenvalue weighted by molar-refractivity contribution is 0.0739. The molecule has 0 aliphatic rings. The molecule has 0 atom stereocenters. The molecular weight excluding hydrogens is 386 g/mol. The van der Waals surface area contributed by atoms with Crippen molar-refractivity contribution in [3.63, 3.8) is 0 Å². The Hall–Kier alpha value is -3.93. The van der Waals surface area contributed by atoms with Gasteiger partial charge < -0.3 is 14.5 Å². The fraction of sp³-hybridized carbons (Fsp3) is 0.160. The Morgan fingerprint density at radius 2 is 1.90 bits per heavy atom. The van der Waals surface area contributed by atoms with Gasteiger partial charge in [0.05, 0.1) is 23.1 Å². The molecule has 0 saturated carbocycles. The summed E-state index contributed by atoms with van der Waals surface area (Å²) < 4.78 is 2.06. The molecule has 0 aliphatic heterocycles. The van der Waals surface area contributed by atoms with Gasteiger partial charge in [-0.05, 0) is 42.3 Å². The van der Waals surface area contributed by atoms with E-state index in [1.54, 1.807) is 18.5 Å². The number of nitrogens with one attached hydrogen (secondary N) is 1. The number of carbonyl (C=O) groups excluding carboxylic acids is 1. The monoisotopic (exact) mass is 409 g/mol. The SMILES string of the molecule is Cn1c(CN(CCc2c[nH]c3ccccc23)C(=O)c2cccnc2)nc2ccccc21. The third-order valence-electron chi connectivity index (χ3n) is 5.73. The van der Waals surface area contributed by atoms with Gasteiger partial charge in [0.1, 0.15) is 5.82 Å². The van der Waals surface area contributed by atoms with Crippen molar-refractivity contribution in [2.45, 2.75) is 13.0 Å². The zero-order valence-electron chi connectivity index (χ0n) is 17.3. The molecule has 6 nitrogen and oxygen atoms in total. The van der Waals surface area contributed by atoms with E-state index in [0.717, 1.165) is 28.8 Å². The minimum absolute atomic E-state index is 0.0417. The second-order valence-corrected chi connectivity index (χ2v) is 7.65. The molecule has 6 heteroatoms. The molecule has 0 fully saturated rings. The van der Waals surface area contributed by atoms with Crippen LogP contribution in [0.25, 0.3) is 21.9 Å². The maximum atomic E-state index is 13.3. The van der Waals surface area contributed by atoms with Crippen molar-refractivity contribution in [2.24, 2.45) is 7.05 Å². The molecule has 0 saturated heterocycles. The van der Waals surface area contributed by atoms with Gasteiger partial charge in [0.2, 0.25) is 0 Å². The second-order valence-electron chi connectivity index (χ2n) is 7.65. The average Bonchev–Trinajstić information content (AvgIpc) is 3.38. The number of hydrogen-bond donors (Lipinski definition) is 1. The first-order chi connectivity index (χ1) is 15.2. The Morgan fingerprint density at radius 1 is 1.06 bits per heavy atom. The second kappa shape index (κ2) is 8.07. The number of aromatic amines is 1. The number of hydrogen-bond acceptors (Lipinski definition) is 3. The molecule has 0 unspecified atom stereocenters. The quantitative estimate of drug-likeness (QED) is 0.454. The summed E-state index contributed by atoms with van der Waals surface area (Å²) in [6.45, 7) is 1.01. The van der Waals surface area contributed by atoms with Crippen LogP contribution < -0.4 is 0 Å². The summed E-state index contributed by atoms with van der Waals surface area (Å²) in [6.07, 6.45) is 6.08. The topological polar surface area (TPSA) is 66.8 Å². The van der Waals surface area contributed by atoms with Crippen LogP contribution in [0.4, 0.5) is 0 Å². The van der Waals surface area contributed by atoms with Gasteiger partial charge in [0, 0.05) is 43.1 Å². The largest absolute Gasteiger partial charge is 0.361 e. The van der Waals surface area contributed by atoms with Gasteiger partial charge >= 0.3 is 0 Å². The van der Waals surface area contributed by atoms with Gasteiger partial charge in [-0.2, -0.15) is 0 Å². The fourth-order valence-electron chi connectivity index (χ4n) is 4.03. The predicted octanol–water partition coefficient (Wildman–Crippen LogP) is 4.33. The number of imidazole rings is 1. The van der Waals surface area contributed by atoms with Gasteiger partial charge in [-0.15, -0.1) is 0 Å². The summed E-state index contributed by atoms with van der Waals surface area (Å²) in [6, 6.07) is 19.9. The lowest BCUT2D eigenvalue weighted by Gasteiger charge is -2.22. The number of fused-ring (bicyclic) bond motifs is 2. The van der Waals surface area contributed by atoms with Gasteiger partial charge in [0.25, 0.3) is 5.91 Å². The third-order valence-corrected chi connectivity index (χ3v) is 5.73. The molecule has 1 amide bonds. The normalized spacial score (nSPS) is 11.3. The molecule has 0 spiro atoms. The van der Waals surface area contributed by atoms with Crippen LogP contribution in [0.1, 0.15) is 21.7 Å². The molecular formula is C25H23N5O. The molecule has 0 bridgehead atoms. The molecule has 2 aromatic carbocycles. The third kappa shape index (κ3) is 3.68. The Labute approximate surface area is 180 Å². The standard InChI is InChI=1S/C25H23N5O/c1-29-23-11-5-4-10-22(23)28-24(29)17-30(25(31)19-7-6-13-26-15-19)14-12-18-16-27-21-9-3-2-8-20(18)21/h2-11,13,15-16,27H,12,14,17H2,1H3. The minimum Gasteiger partial charge on any atom is -0.361 e. The highest BCUT2D eigenvalue weighted by Crippen LogP contribution is 2.20. The number of rotatable bonds is 6. The number of carbonyl (C=O) groups is 1. The van der Waals surface area contributed by atoms with E-state index in [2.05, 4.69) is 26.7 Å². The zero-order valence-corrected chi connectivity index (χ0v) is 17.3. The number of amides is 1. The van der Waals surface area contributed by atoms with Crippen LogP contribution in [0.3, 0.4) is 0 Å². The molecule has 0 radical (unpaired) electrons. The Balaban J connectivity index is 1.45. The predicted molar refractivity (Wildman–Crippen MR) is 122 cm³/mol. The molecule has 3 aromatic heterocycles. The van der Waals surface area contributed by atoms with Gasteiger partial charge in [-0.3, -0.25) is 9.78 Å². The van der Waals surface area contributed by atoms with Crippen LogP contribution in [0.15, 0.2) is 79.3 Å². The summed E-state index contributed by atoms with van der Waals surface area (Å²) in [5.74, 6) is 0.817. The van der Waals surface area contributed by atoms with E-state index in [-0.39, 0.29) is 5.91 Å². The fourth-order valence-corrected chi connectivity index (χ4v) is 4.03. The maximum absolute atomic E-state index is 13.3. The number of nitrogens with zero attached hydrogens (tertiary/aromatic N) is 4. The molecule has 0 aliphatic carbocycles. The highest BCUT2D eigenvalue weighted by Gasteiger charge is 2.20. The Kier molecular flexibility index (Phi) is 4.96. The number of aromatic nitrogens is 4. The molecule has 154 valence electrons. The van der Waals surface area contributed by atoms with E-state index in [9.17, 15) is 4.79 Å². The van der Waals surface area contributed by atoms with Crippen molar-refractivity contribution < 1.29 is 4.79 Å². The van der Waals surface area contributed by atoms with Crippen molar-refractivity contribution in [2.75, 3.05) is 6.54 Å². The summed E-state index contributed by atoms with van der Waals surface area (Å²) in [7, 11) is 2.00. The molecule has 5 rings (SSSR count). The van der Waals surface area contributed by atoms with Crippen molar-refractivity contribution in [3.05, 3.63) is 96.2 Å². The van der Waals surface area contributed by atoms with Crippen LogP contribution in [0.5, 0.6) is 0 Å². The molecule has 5 aromatic rings. The zero-order chi connectivity index (χ0) is 21.2. The summed E-state index contributed by atoms with van der Waals surface area (Å²) >= 11 is 0. The van der Waals surface area contributed by atoms with Crippen LogP contribution in [0, 0.1) is 0 Å². The minimum atomic E-state index is -0.0417. The summed E-state index contributed by atoms with van der Waals surface area (Å²) in [5, 5.41) is 1.19. The van der Waals surface area contributed by atoms with E-state index in [1.165, 1.54) is 10.9 Å². The molecule has 31 heavy (non-hydrogen) atoms. The summed E-state index contributed by atoms with van der Waals surface area (Å²) in [4.78, 5) is 27.4. The first-order valence-electron chi connectivity index (χ1n) is 10.4. The lowest BCUT2D eigenvalue weighted by atomic mass is 10.1. The highest BCUT2D eigenvalue weighted by molar-refractivity contribution is 5.94. The average molecular weight is 409 g/mol. The molecule has 3 heterocycles. The van der Waals surface area contributed by atoms with Crippen LogP contribution in [-0.2, 0) is 20.0 Å². The van der Waals surface area contributed by atoms with E-state index in [4.69, 9.17) is 4.98 Å². The van der Waals surface area contributed by atoms with Gasteiger partial charge in [-0.1, -0.05) is 30.3 Å². The van der Waals surface area contributed by atoms with Gasteiger partial charge in [0.15, 0.2) is 0 Å². The Bertz CT molecular complexity index is 1350. The van der Waals surface area contributed by atoms with E-state index in [1.807, 2.05) is 60.6 Å². The van der Waals surface area contributed by atoms with E-state index < -0.39 is 0 Å². The lowest BCUT2D eigenvalue weighted by Crippen LogP contribution is -2.33. The first-order valence-corrected chi connectivity index (χ1v) is 10.4. The van der Waals surface area contributed by atoms with Crippen molar-refractivity contribution >= 4 is 27.8 Å². The maximum Gasteiger partial charge on any atom is 0.255 e. The number of para-hydroxylation sites is 3. The number of H-pyrrole nitrogens is 1. The van der Waals surface area contributed by atoms with Crippen LogP contribution in [0.2, 0.25) is 0 Å². The van der Waals surface area contributed by atoms with Crippen molar-refractivity contribution in [1.82, 2.24) is 24.4 Å². The van der Waals surface area contributed by atoms with Crippen LogP contribution in [-0.4, -0.2) is 36.9 Å². The van der Waals surface area contributed by atoms with Crippen LogP contribution >= 0.6 is 0 Å². The van der Waals surface area contributed by atoms with Crippen molar-refractivity contribution in [3.8, 4) is 0 Å². The van der Waals surface area contributed by atoms with Gasteiger partial charge in [-0.25, -0.2) is 4.98 Å². The smallest absolute Gasteiger partial charge is 0.255 e. The van der Waals surface area contributed by atoms with E-state index >= 15 is 0 Å². The number of pyridine rings is 1.